The third kappa shape index (κ3) is 4.16. The molecule has 1 saturated heterocycles. The van der Waals surface area contributed by atoms with Gasteiger partial charge in [0.2, 0.25) is 5.91 Å². The number of nitrogens with one attached hydrogen (secondary N) is 1. The summed E-state index contributed by atoms with van der Waals surface area (Å²) >= 11 is 0. The van der Waals surface area contributed by atoms with Crippen molar-refractivity contribution in [1.82, 2.24) is 10.2 Å². The molecule has 1 fully saturated rings. The highest BCUT2D eigenvalue weighted by Crippen LogP contribution is 2.07. The van der Waals surface area contributed by atoms with Crippen molar-refractivity contribution in [1.29, 1.82) is 0 Å². The van der Waals surface area contributed by atoms with Crippen molar-refractivity contribution in [3.63, 3.8) is 0 Å². The van der Waals surface area contributed by atoms with Crippen LogP contribution >= 0.6 is 0 Å². The van der Waals surface area contributed by atoms with Gasteiger partial charge in [-0.3, -0.25) is 14.5 Å². The van der Waals surface area contributed by atoms with Crippen LogP contribution in [0.1, 0.15) is 0 Å². The molecule has 0 radical (unpaired) electrons. The zero-order valence-corrected chi connectivity index (χ0v) is 9.98. The van der Waals surface area contributed by atoms with Crippen molar-refractivity contribution in [2.24, 2.45) is 0 Å². The molecule has 1 amide bonds. The van der Waals surface area contributed by atoms with E-state index in [4.69, 9.17) is 4.74 Å². The molecular formula is C11H18N2O4. The first-order valence-electron chi connectivity index (χ1n) is 5.46. The number of morpholine rings is 1. The number of carbonyl (C=O) groups excluding carboxylic acids is 2. The van der Waals surface area contributed by atoms with Gasteiger partial charge in [0, 0.05) is 13.1 Å². The van der Waals surface area contributed by atoms with Crippen LogP contribution in [0.25, 0.3) is 0 Å². The van der Waals surface area contributed by atoms with Gasteiger partial charge in [-0.2, -0.15) is 0 Å². The van der Waals surface area contributed by atoms with Crippen LogP contribution in [-0.4, -0.2) is 62.8 Å². The minimum atomic E-state index is -0.497. The molecule has 0 saturated carbocycles. The minimum absolute atomic E-state index is 0.138. The maximum Gasteiger partial charge on any atom is 0.325 e. The van der Waals surface area contributed by atoms with Crippen molar-refractivity contribution in [3.8, 4) is 0 Å². The van der Waals surface area contributed by atoms with Crippen LogP contribution < -0.4 is 5.32 Å². The van der Waals surface area contributed by atoms with E-state index < -0.39 is 6.04 Å². The van der Waals surface area contributed by atoms with Gasteiger partial charge in [-0.1, -0.05) is 6.08 Å². The Morgan fingerprint density at radius 3 is 3.06 bits per heavy atom. The molecule has 17 heavy (non-hydrogen) atoms. The number of carbonyl (C=O) groups is 2. The Bertz CT molecular complexity index is 293. The van der Waals surface area contributed by atoms with Crippen LogP contribution in [0.5, 0.6) is 0 Å². The van der Waals surface area contributed by atoms with Gasteiger partial charge >= 0.3 is 5.97 Å². The number of ether oxygens (including phenoxy) is 2. The summed E-state index contributed by atoms with van der Waals surface area (Å²) in [6.07, 6.45) is 1.61. The third-order valence-electron chi connectivity index (χ3n) is 2.50. The normalized spacial score (nSPS) is 20.6. The Kier molecular flexibility index (Phi) is 5.65. The molecule has 0 bridgehead atoms. The van der Waals surface area contributed by atoms with E-state index in [0.29, 0.717) is 19.7 Å². The zero-order chi connectivity index (χ0) is 12.7. The van der Waals surface area contributed by atoms with E-state index in [-0.39, 0.29) is 25.0 Å². The highest BCUT2D eigenvalue weighted by Gasteiger charge is 2.31. The number of rotatable bonds is 5. The molecule has 0 spiro atoms. The Morgan fingerprint density at radius 1 is 1.65 bits per heavy atom. The molecule has 0 aromatic rings. The van der Waals surface area contributed by atoms with Crippen molar-refractivity contribution >= 4 is 11.9 Å². The van der Waals surface area contributed by atoms with E-state index in [1.165, 1.54) is 7.11 Å². The molecule has 1 aliphatic rings. The van der Waals surface area contributed by atoms with E-state index in [1.54, 1.807) is 11.0 Å². The quantitative estimate of drug-likeness (QED) is 0.503. The van der Waals surface area contributed by atoms with Crippen LogP contribution in [0.2, 0.25) is 0 Å². The third-order valence-corrected chi connectivity index (χ3v) is 2.50. The number of hydrogen-bond acceptors (Lipinski definition) is 5. The van der Waals surface area contributed by atoms with Crippen molar-refractivity contribution < 1.29 is 19.1 Å². The molecule has 96 valence electrons. The average molecular weight is 242 g/mol. The van der Waals surface area contributed by atoms with Gasteiger partial charge in [-0.15, -0.1) is 6.58 Å². The number of amides is 1. The molecule has 6 nitrogen and oxygen atoms in total. The van der Waals surface area contributed by atoms with Crippen LogP contribution in [-0.2, 0) is 19.1 Å². The van der Waals surface area contributed by atoms with Gasteiger partial charge in [-0.05, 0) is 0 Å². The Hall–Kier alpha value is -1.40. The fourth-order valence-electron chi connectivity index (χ4n) is 1.61. The Labute approximate surface area is 101 Å². The summed E-state index contributed by atoms with van der Waals surface area (Å²) in [4.78, 5) is 24.8. The highest BCUT2D eigenvalue weighted by atomic mass is 16.5. The summed E-state index contributed by atoms with van der Waals surface area (Å²) < 4.78 is 9.88. The highest BCUT2D eigenvalue weighted by molar-refractivity contribution is 5.80. The maximum absolute atomic E-state index is 11.5. The van der Waals surface area contributed by atoms with E-state index in [2.05, 4.69) is 16.6 Å². The summed E-state index contributed by atoms with van der Waals surface area (Å²) in [6, 6.07) is -0.497. The van der Waals surface area contributed by atoms with E-state index in [1.807, 2.05) is 0 Å². The molecule has 1 unspecified atom stereocenters. The smallest absolute Gasteiger partial charge is 0.325 e. The molecule has 0 aliphatic carbocycles. The predicted octanol–water partition coefficient (Wildman–Crippen LogP) is -0.838. The molecule has 1 aliphatic heterocycles. The van der Waals surface area contributed by atoms with Gasteiger partial charge in [0.1, 0.15) is 6.04 Å². The molecular weight excluding hydrogens is 224 g/mol. The Morgan fingerprint density at radius 2 is 2.41 bits per heavy atom. The number of esters is 1. The lowest BCUT2D eigenvalue weighted by Crippen LogP contribution is -2.53. The SMILES string of the molecule is C=CCNC(=O)CN1CCOCC1C(=O)OC. The van der Waals surface area contributed by atoms with Gasteiger partial charge in [-0.25, -0.2) is 0 Å². The van der Waals surface area contributed by atoms with Gasteiger partial charge in [0.25, 0.3) is 0 Å². The van der Waals surface area contributed by atoms with Crippen LogP contribution in [0.15, 0.2) is 12.7 Å². The summed E-state index contributed by atoms with van der Waals surface area (Å²) in [5, 5.41) is 2.67. The standard InChI is InChI=1S/C11H18N2O4/c1-3-4-12-10(14)7-13-5-6-17-8-9(13)11(15)16-2/h3,9H,1,4-8H2,2H3,(H,12,14). The molecule has 0 aromatic carbocycles. The zero-order valence-electron chi connectivity index (χ0n) is 9.98. The average Bonchev–Trinajstić information content (AvgIpc) is 2.36. The van der Waals surface area contributed by atoms with Crippen LogP contribution in [0.4, 0.5) is 0 Å². The fraction of sp³-hybridized carbons (Fsp3) is 0.636. The molecule has 6 heteroatoms. The monoisotopic (exact) mass is 242 g/mol. The van der Waals surface area contributed by atoms with Gasteiger partial charge in [0.15, 0.2) is 0 Å². The maximum atomic E-state index is 11.5. The lowest BCUT2D eigenvalue weighted by Gasteiger charge is -2.32. The summed E-state index contributed by atoms with van der Waals surface area (Å²) in [6.45, 7) is 5.42. The minimum Gasteiger partial charge on any atom is -0.468 e. The summed E-state index contributed by atoms with van der Waals surface area (Å²) in [7, 11) is 1.33. The first-order chi connectivity index (χ1) is 8.19. The lowest BCUT2D eigenvalue weighted by molar-refractivity contribution is -0.153. The van der Waals surface area contributed by atoms with E-state index in [0.717, 1.165) is 0 Å². The summed E-state index contributed by atoms with van der Waals surface area (Å²) in [5.41, 5.74) is 0. The number of nitrogens with zero attached hydrogens (tertiary/aromatic N) is 1. The molecule has 1 rings (SSSR count). The number of hydrogen-bond donors (Lipinski definition) is 1. The molecule has 1 heterocycles. The lowest BCUT2D eigenvalue weighted by atomic mass is 10.2. The summed E-state index contributed by atoms with van der Waals surface area (Å²) in [5.74, 6) is -0.512. The largest absolute Gasteiger partial charge is 0.468 e. The first-order valence-corrected chi connectivity index (χ1v) is 5.46. The van der Waals surface area contributed by atoms with Gasteiger partial charge < -0.3 is 14.8 Å². The van der Waals surface area contributed by atoms with Crippen LogP contribution in [0.3, 0.4) is 0 Å². The van der Waals surface area contributed by atoms with E-state index in [9.17, 15) is 9.59 Å². The molecule has 1 atom stereocenters. The fourth-order valence-corrected chi connectivity index (χ4v) is 1.61. The predicted molar refractivity (Wildman–Crippen MR) is 61.4 cm³/mol. The van der Waals surface area contributed by atoms with Crippen LogP contribution in [0, 0.1) is 0 Å². The second-order valence-electron chi connectivity index (χ2n) is 3.68. The topological polar surface area (TPSA) is 67.9 Å². The van der Waals surface area contributed by atoms with Crippen molar-refractivity contribution in [2.75, 3.05) is 40.0 Å². The molecule has 0 aromatic heterocycles. The second-order valence-corrected chi connectivity index (χ2v) is 3.68. The second kappa shape index (κ2) is 7.03. The van der Waals surface area contributed by atoms with Gasteiger partial charge in [0.05, 0.1) is 26.9 Å². The molecule has 1 N–H and O–H groups in total. The van der Waals surface area contributed by atoms with Crippen molar-refractivity contribution in [3.05, 3.63) is 12.7 Å². The van der Waals surface area contributed by atoms with Crippen molar-refractivity contribution in [2.45, 2.75) is 6.04 Å². The number of methoxy groups -OCH3 is 1. The van der Waals surface area contributed by atoms with E-state index >= 15 is 0 Å². The first kappa shape index (κ1) is 13.7. The Balaban J connectivity index is 2.50.